The van der Waals surface area contributed by atoms with E-state index in [1.165, 1.54) is 18.2 Å². The van der Waals surface area contributed by atoms with Gasteiger partial charge in [0.2, 0.25) is 0 Å². The SMILES string of the molecule is O=[N+]([O-])c1ccc([C@H](Br)[C@H](Br)c2ccccc2[N+](=O)[O-])cc1. The molecule has 2 aromatic carbocycles. The van der Waals surface area contributed by atoms with E-state index >= 15 is 0 Å². The summed E-state index contributed by atoms with van der Waals surface area (Å²) in [6.07, 6.45) is 0. The average Bonchev–Trinajstić information content (AvgIpc) is 2.53. The van der Waals surface area contributed by atoms with E-state index in [1.54, 1.807) is 30.3 Å². The summed E-state index contributed by atoms with van der Waals surface area (Å²) in [5, 5.41) is 21.8. The van der Waals surface area contributed by atoms with Crippen molar-refractivity contribution in [2.75, 3.05) is 0 Å². The molecule has 0 radical (unpaired) electrons. The number of non-ortho nitro benzene ring substituents is 1. The number of rotatable bonds is 5. The number of hydrogen-bond acceptors (Lipinski definition) is 4. The lowest BCUT2D eigenvalue weighted by Crippen LogP contribution is -2.03. The molecule has 0 aliphatic heterocycles. The highest BCUT2D eigenvalue weighted by atomic mass is 79.9. The van der Waals surface area contributed by atoms with Gasteiger partial charge in [0.05, 0.1) is 19.5 Å². The molecule has 2 aromatic rings. The molecule has 0 fully saturated rings. The molecular weight excluding hydrogens is 420 g/mol. The fourth-order valence-corrected chi connectivity index (χ4v) is 3.28. The van der Waals surface area contributed by atoms with Crippen molar-refractivity contribution in [2.45, 2.75) is 9.65 Å². The van der Waals surface area contributed by atoms with Crippen molar-refractivity contribution in [1.29, 1.82) is 0 Å². The van der Waals surface area contributed by atoms with Crippen LogP contribution in [0.2, 0.25) is 0 Å². The molecule has 2 rings (SSSR count). The summed E-state index contributed by atoms with van der Waals surface area (Å²) in [5.74, 6) is 0. The molecular formula is C14H10Br2N2O4. The zero-order valence-corrected chi connectivity index (χ0v) is 14.2. The molecule has 0 aromatic heterocycles. The molecule has 114 valence electrons. The maximum atomic E-state index is 11.1. The highest BCUT2D eigenvalue weighted by Crippen LogP contribution is 2.45. The molecule has 0 bridgehead atoms. The van der Waals surface area contributed by atoms with Crippen molar-refractivity contribution < 1.29 is 9.85 Å². The zero-order valence-electron chi connectivity index (χ0n) is 11.1. The zero-order chi connectivity index (χ0) is 16.3. The van der Waals surface area contributed by atoms with E-state index in [9.17, 15) is 20.2 Å². The van der Waals surface area contributed by atoms with Gasteiger partial charge in [-0.15, -0.1) is 0 Å². The third-order valence-electron chi connectivity index (χ3n) is 3.11. The Balaban J connectivity index is 2.31. The lowest BCUT2D eigenvalue weighted by atomic mass is 10.0. The largest absolute Gasteiger partial charge is 0.273 e. The van der Waals surface area contributed by atoms with Gasteiger partial charge in [-0.05, 0) is 5.56 Å². The molecule has 0 saturated carbocycles. The van der Waals surface area contributed by atoms with Crippen LogP contribution in [0.25, 0.3) is 0 Å². The first-order valence-corrected chi connectivity index (χ1v) is 8.00. The first kappa shape index (κ1) is 16.6. The lowest BCUT2D eigenvalue weighted by Gasteiger charge is -2.17. The van der Waals surface area contributed by atoms with Crippen molar-refractivity contribution in [2.24, 2.45) is 0 Å². The Bertz CT molecular complexity index is 706. The fourth-order valence-electron chi connectivity index (χ4n) is 1.99. The van der Waals surface area contributed by atoms with Crippen LogP contribution in [0.1, 0.15) is 20.8 Å². The van der Waals surface area contributed by atoms with Crippen molar-refractivity contribution in [3.8, 4) is 0 Å². The Morgan fingerprint density at radius 1 is 0.818 bits per heavy atom. The average molecular weight is 430 g/mol. The van der Waals surface area contributed by atoms with Crippen LogP contribution in [0.15, 0.2) is 48.5 Å². The van der Waals surface area contributed by atoms with E-state index < -0.39 is 9.85 Å². The van der Waals surface area contributed by atoms with Gasteiger partial charge in [-0.2, -0.15) is 0 Å². The second-order valence-electron chi connectivity index (χ2n) is 4.47. The Morgan fingerprint density at radius 3 is 1.95 bits per heavy atom. The molecule has 8 heteroatoms. The normalized spacial score (nSPS) is 13.4. The second kappa shape index (κ2) is 6.97. The minimum absolute atomic E-state index is 0.000245. The monoisotopic (exact) mass is 428 g/mol. The predicted molar refractivity (Wildman–Crippen MR) is 89.5 cm³/mol. The summed E-state index contributed by atoms with van der Waals surface area (Å²) in [4.78, 5) is 20.2. The molecule has 2 atom stereocenters. The van der Waals surface area contributed by atoms with Gasteiger partial charge in [0.1, 0.15) is 0 Å². The van der Waals surface area contributed by atoms with Crippen LogP contribution in [0.4, 0.5) is 11.4 Å². The molecule has 0 heterocycles. The van der Waals surface area contributed by atoms with Crippen molar-refractivity contribution in [3.05, 3.63) is 79.9 Å². The molecule has 0 amide bonds. The minimum atomic E-state index is -0.472. The summed E-state index contributed by atoms with van der Waals surface area (Å²) in [5.41, 5.74) is 1.34. The highest BCUT2D eigenvalue weighted by molar-refractivity contribution is 9.12. The van der Waals surface area contributed by atoms with E-state index in [0.717, 1.165) is 5.56 Å². The standard InChI is InChI=1S/C14H10Br2N2O4/c15-13(9-5-7-10(8-6-9)17(19)20)14(16)11-3-1-2-4-12(11)18(21)22/h1-8,13-14H/t13-,14+/m0/s1. The first-order valence-electron chi connectivity index (χ1n) is 6.17. The number of benzene rings is 2. The number of nitrogens with zero attached hydrogens (tertiary/aromatic N) is 2. The summed E-state index contributed by atoms with van der Waals surface area (Å²) in [6.45, 7) is 0. The Kier molecular flexibility index (Phi) is 5.25. The molecule has 0 N–H and O–H groups in total. The third-order valence-corrected chi connectivity index (χ3v) is 5.90. The third kappa shape index (κ3) is 3.50. The van der Waals surface area contributed by atoms with Crippen LogP contribution < -0.4 is 0 Å². The molecule has 0 saturated heterocycles. The number of hydrogen-bond donors (Lipinski definition) is 0. The number of para-hydroxylation sites is 1. The van der Waals surface area contributed by atoms with Gasteiger partial charge in [-0.25, -0.2) is 0 Å². The number of nitro benzene ring substituents is 2. The summed E-state index contributed by atoms with van der Waals surface area (Å²) in [6, 6.07) is 12.5. The van der Waals surface area contributed by atoms with Crippen molar-refractivity contribution in [3.63, 3.8) is 0 Å². The molecule has 0 aliphatic rings. The van der Waals surface area contributed by atoms with Crippen LogP contribution in [-0.4, -0.2) is 9.85 Å². The Morgan fingerprint density at radius 2 is 1.41 bits per heavy atom. The van der Waals surface area contributed by atoms with E-state index in [2.05, 4.69) is 31.9 Å². The number of halogens is 2. The quantitative estimate of drug-likeness (QED) is 0.377. The Hall–Kier alpha value is -1.80. The molecule has 0 spiro atoms. The molecule has 0 unspecified atom stereocenters. The summed E-state index contributed by atoms with van der Waals surface area (Å²) >= 11 is 6.96. The van der Waals surface area contributed by atoms with Gasteiger partial charge in [0, 0.05) is 23.8 Å². The van der Waals surface area contributed by atoms with Gasteiger partial charge in [-0.3, -0.25) is 20.2 Å². The minimum Gasteiger partial charge on any atom is -0.258 e. The Labute approximate surface area is 142 Å². The van der Waals surface area contributed by atoms with Crippen LogP contribution in [0, 0.1) is 20.2 Å². The molecule has 0 aliphatic carbocycles. The maximum absolute atomic E-state index is 11.1. The molecule has 22 heavy (non-hydrogen) atoms. The van der Waals surface area contributed by atoms with Crippen molar-refractivity contribution in [1.82, 2.24) is 0 Å². The van der Waals surface area contributed by atoms with E-state index in [4.69, 9.17) is 0 Å². The summed E-state index contributed by atoms with van der Waals surface area (Å²) < 4.78 is 0. The number of alkyl halides is 2. The van der Waals surface area contributed by atoms with Crippen LogP contribution in [-0.2, 0) is 0 Å². The maximum Gasteiger partial charge on any atom is 0.273 e. The van der Waals surface area contributed by atoms with E-state index in [-0.39, 0.29) is 21.0 Å². The van der Waals surface area contributed by atoms with Gasteiger partial charge >= 0.3 is 0 Å². The topological polar surface area (TPSA) is 86.3 Å². The smallest absolute Gasteiger partial charge is 0.258 e. The summed E-state index contributed by atoms with van der Waals surface area (Å²) in [7, 11) is 0. The van der Waals surface area contributed by atoms with Gasteiger partial charge in [0.15, 0.2) is 0 Å². The second-order valence-corrected chi connectivity index (χ2v) is 6.44. The number of nitro groups is 2. The van der Waals surface area contributed by atoms with Crippen LogP contribution in [0.3, 0.4) is 0 Å². The van der Waals surface area contributed by atoms with E-state index in [0.29, 0.717) is 5.56 Å². The highest BCUT2D eigenvalue weighted by Gasteiger charge is 2.26. The van der Waals surface area contributed by atoms with Crippen LogP contribution >= 0.6 is 31.9 Å². The fraction of sp³-hybridized carbons (Fsp3) is 0.143. The van der Waals surface area contributed by atoms with Gasteiger partial charge < -0.3 is 0 Å². The van der Waals surface area contributed by atoms with Gasteiger partial charge in [-0.1, -0.05) is 62.2 Å². The van der Waals surface area contributed by atoms with E-state index in [1.807, 2.05) is 0 Å². The van der Waals surface area contributed by atoms with Gasteiger partial charge in [0.25, 0.3) is 11.4 Å². The van der Waals surface area contributed by atoms with Crippen LogP contribution in [0.5, 0.6) is 0 Å². The predicted octanol–water partition coefficient (Wildman–Crippen LogP) is 5.08. The lowest BCUT2D eigenvalue weighted by molar-refractivity contribution is -0.385. The molecule has 6 nitrogen and oxygen atoms in total. The first-order chi connectivity index (χ1) is 10.4. The van der Waals surface area contributed by atoms with Crippen molar-refractivity contribution >= 4 is 43.2 Å².